The summed E-state index contributed by atoms with van der Waals surface area (Å²) in [5.74, 6) is 1.04. The number of aromatic nitrogens is 1. The van der Waals surface area contributed by atoms with Gasteiger partial charge in [0, 0.05) is 11.6 Å². The van der Waals surface area contributed by atoms with Crippen LogP contribution in [0.15, 0.2) is 74.0 Å². The van der Waals surface area contributed by atoms with E-state index in [2.05, 4.69) is 4.99 Å². The third kappa shape index (κ3) is 5.51. The first-order chi connectivity index (χ1) is 20.7. The second-order valence-electron chi connectivity index (χ2n) is 9.64. The molecule has 10 nitrogen and oxygen atoms in total. The quantitative estimate of drug-likeness (QED) is 0.276. The van der Waals surface area contributed by atoms with Crippen LogP contribution in [0.5, 0.6) is 11.5 Å². The van der Waals surface area contributed by atoms with Gasteiger partial charge in [0.05, 0.1) is 55.3 Å². The highest BCUT2D eigenvalue weighted by atomic mass is 32.1. The number of thiazole rings is 1. The van der Waals surface area contributed by atoms with E-state index in [1.807, 2.05) is 6.92 Å². The van der Waals surface area contributed by atoms with Crippen LogP contribution in [-0.2, 0) is 14.3 Å². The van der Waals surface area contributed by atoms with E-state index in [1.165, 1.54) is 37.2 Å². The summed E-state index contributed by atoms with van der Waals surface area (Å²) < 4.78 is 29.0. The molecular weight excluding hydrogens is 572 g/mol. The minimum atomic E-state index is -0.805. The molecule has 0 radical (unpaired) electrons. The van der Waals surface area contributed by atoms with Crippen molar-refractivity contribution in [3.05, 3.63) is 102 Å². The van der Waals surface area contributed by atoms with Gasteiger partial charge in [0.25, 0.3) is 5.56 Å². The zero-order valence-electron chi connectivity index (χ0n) is 24.5. The Balaban J connectivity index is 1.61. The van der Waals surface area contributed by atoms with Crippen molar-refractivity contribution in [3.63, 3.8) is 0 Å². The molecule has 1 aliphatic rings. The Morgan fingerprint density at radius 2 is 1.77 bits per heavy atom. The van der Waals surface area contributed by atoms with E-state index >= 15 is 0 Å². The normalized spacial score (nSPS) is 14.7. The third-order valence-corrected chi connectivity index (χ3v) is 8.04. The van der Waals surface area contributed by atoms with Gasteiger partial charge in [-0.25, -0.2) is 14.6 Å². The largest absolute Gasteiger partial charge is 0.493 e. The summed E-state index contributed by atoms with van der Waals surface area (Å²) >= 11 is 1.19. The Morgan fingerprint density at radius 1 is 1.00 bits per heavy atom. The lowest BCUT2D eigenvalue weighted by Gasteiger charge is -2.25. The lowest BCUT2D eigenvalue weighted by atomic mass is 9.95. The van der Waals surface area contributed by atoms with Crippen LogP contribution < -0.4 is 24.4 Å². The number of carbonyl (C=O) groups excluding carboxylic acids is 2. The molecule has 11 heteroatoms. The molecule has 2 aromatic heterocycles. The van der Waals surface area contributed by atoms with Crippen molar-refractivity contribution in [3.8, 4) is 22.8 Å². The van der Waals surface area contributed by atoms with Gasteiger partial charge in [0.2, 0.25) is 0 Å². The molecule has 222 valence electrons. The molecule has 0 bridgehead atoms. The van der Waals surface area contributed by atoms with Crippen LogP contribution in [0.1, 0.15) is 47.1 Å². The molecule has 2 aromatic carbocycles. The van der Waals surface area contributed by atoms with Gasteiger partial charge in [-0.1, -0.05) is 23.5 Å². The lowest BCUT2D eigenvalue weighted by molar-refractivity contribution is -0.139. The zero-order valence-corrected chi connectivity index (χ0v) is 25.4. The summed E-state index contributed by atoms with van der Waals surface area (Å²) in [6.07, 6.45) is 1.65. The summed E-state index contributed by atoms with van der Waals surface area (Å²) in [5, 5.41) is 0. The van der Waals surface area contributed by atoms with Crippen LogP contribution >= 0.6 is 11.3 Å². The van der Waals surface area contributed by atoms with E-state index in [0.29, 0.717) is 49.2 Å². The van der Waals surface area contributed by atoms with Crippen LogP contribution in [0.4, 0.5) is 0 Å². The summed E-state index contributed by atoms with van der Waals surface area (Å²) in [7, 11) is 4.39. The molecule has 0 saturated heterocycles. The first kappa shape index (κ1) is 29.6. The number of hydrogen-bond donors (Lipinski definition) is 0. The van der Waals surface area contributed by atoms with Gasteiger partial charge >= 0.3 is 11.9 Å². The van der Waals surface area contributed by atoms with Crippen molar-refractivity contribution < 1.29 is 33.0 Å². The van der Waals surface area contributed by atoms with Crippen molar-refractivity contribution in [1.82, 2.24) is 4.57 Å². The van der Waals surface area contributed by atoms with E-state index in [1.54, 1.807) is 68.5 Å². The van der Waals surface area contributed by atoms with Crippen molar-refractivity contribution in [1.29, 1.82) is 0 Å². The second-order valence-corrected chi connectivity index (χ2v) is 10.6. The van der Waals surface area contributed by atoms with Gasteiger partial charge in [-0.15, -0.1) is 0 Å². The minimum Gasteiger partial charge on any atom is -0.493 e. The molecule has 0 spiro atoms. The Morgan fingerprint density at radius 3 is 2.44 bits per heavy atom. The van der Waals surface area contributed by atoms with Crippen molar-refractivity contribution in [2.45, 2.75) is 26.8 Å². The van der Waals surface area contributed by atoms with Gasteiger partial charge in [-0.05, 0) is 68.3 Å². The van der Waals surface area contributed by atoms with Crippen LogP contribution in [0.2, 0.25) is 0 Å². The molecule has 0 N–H and O–H groups in total. The van der Waals surface area contributed by atoms with Crippen LogP contribution in [0.3, 0.4) is 0 Å². The maximum atomic E-state index is 13.9. The van der Waals surface area contributed by atoms with Gasteiger partial charge in [-0.2, -0.15) is 0 Å². The number of aryl methyl sites for hydroxylation is 1. The topological polar surface area (TPSA) is 119 Å². The fourth-order valence-corrected chi connectivity index (χ4v) is 6.05. The van der Waals surface area contributed by atoms with Crippen LogP contribution in [0, 0.1) is 6.92 Å². The van der Waals surface area contributed by atoms with Gasteiger partial charge in [0.15, 0.2) is 16.3 Å². The number of fused-ring (bicyclic) bond motifs is 1. The molecule has 0 saturated carbocycles. The highest BCUT2D eigenvalue weighted by molar-refractivity contribution is 7.07. The van der Waals surface area contributed by atoms with Gasteiger partial charge < -0.3 is 23.4 Å². The number of hydrogen-bond acceptors (Lipinski definition) is 10. The number of methoxy groups -OCH3 is 3. The maximum Gasteiger partial charge on any atom is 0.338 e. The van der Waals surface area contributed by atoms with Crippen LogP contribution in [-0.4, -0.2) is 44.4 Å². The fourth-order valence-electron chi connectivity index (χ4n) is 5.02. The minimum absolute atomic E-state index is 0.171. The molecule has 0 amide bonds. The Labute approximate surface area is 251 Å². The van der Waals surface area contributed by atoms with E-state index in [0.717, 1.165) is 11.1 Å². The SMILES string of the molecule is CCOC(=O)C1=C(C)N=c2s/c(=C/c3ccc(-c4ccc(C(=O)OC)cc4C)o3)c(=O)n2[C@@H]1c1ccc(OC)c(OC)c1. The Kier molecular flexibility index (Phi) is 8.36. The maximum absolute atomic E-state index is 13.9. The summed E-state index contributed by atoms with van der Waals surface area (Å²) in [4.78, 5) is 44.1. The number of allylic oxidation sites excluding steroid dienone is 1. The number of ether oxygens (including phenoxy) is 4. The molecule has 5 rings (SSSR count). The number of furan rings is 1. The molecule has 0 fully saturated rings. The highest BCUT2D eigenvalue weighted by Crippen LogP contribution is 2.36. The standard InChI is InChI=1S/C32H30N2O8S/c1-7-41-31(37)27-18(3)33-32-34(28(27)19-9-12-24(38-4)25(15-19)39-5)29(35)26(43-32)16-21-10-13-23(42-21)22-11-8-20(14-17(22)2)30(36)40-6/h8-16,28H,7H2,1-6H3/b26-16+/t28-/m1/s1. The number of carbonyl (C=O) groups is 2. The molecule has 4 aromatic rings. The van der Waals surface area contributed by atoms with Gasteiger partial charge in [0.1, 0.15) is 11.5 Å². The average molecular weight is 603 g/mol. The van der Waals surface area contributed by atoms with Crippen molar-refractivity contribution in [2.75, 3.05) is 27.9 Å². The van der Waals surface area contributed by atoms with Crippen molar-refractivity contribution >= 4 is 29.4 Å². The fraction of sp³-hybridized carbons (Fsp3) is 0.250. The Hall–Kier alpha value is -4.90. The molecule has 1 aliphatic heterocycles. The van der Waals surface area contributed by atoms with E-state index in [-0.39, 0.29) is 17.7 Å². The monoisotopic (exact) mass is 602 g/mol. The molecule has 3 heterocycles. The lowest BCUT2D eigenvalue weighted by Crippen LogP contribution is -2.39. The van der Waals surface area contributed by atoms with E-state index in [4.69, 9.17) is 23.4 Å². The van der Waals surface area contributed by atoms with Crippen LogP contribution in [0.25, 0.3) is 17.4 Å². The number of benzene rings is 2. The summed E-state index contributed by atoms with van der Waals surface area (Å²) in [6.45, 7) is 5.49. The molecule has 0 aliphatic carbocycles. The first-order valence-electron chi connectivity index (χ1n) is 13.4. The predicted octanol–water partition coefficient (Wildman–Crippen LogP) is 4.17. The second kappa shape index (κ2) is 12.1. The molecular formula is C32H30N2O8S. The van der Waals surface area contributed by atoms with E-state index < -0.39 is 18.0 Å². The van der Waals surface area contributed by atoms with Crippen molar-refractivity contribution in [2.24, 2.45) is 4.99 Å². The number of esters is 2. The smallest absolute Gasteiger partial charge is 0.338 e. The zero-order chi connectivity index (χ0) is 30.8. The summed E-state index contributed by atoms with van der Waals surface area (Å²) in [6, 6.07) is 13.2. The molecule has 0 unspecified atom stereocenters. The average Bonchev–Trinajstić information content (AvgIpc) is 3.59. The van der Waals surface area contributed by atoms with Gasteiger partial charge in [-0.3, -0.25) is 9.36 Å². The number of rotatable bonds is 8. The molecule has 43 heavy (non-hydrogen) atoms. The molecule has 1 atom stereocenters. The Bertz CT molecular complexity index is 1950. The summed E-state index contributed by atoms with van der Waals surface area (Å²) in [5.41, 5.74) is 3.09. The van der Waals surface area contributed by atoms with E-state index in [9.17, 15) is 14.4 Å². The first-order valence-corrected chi connectivity index (χ1v) is 14.2. The third-order valence-electron chi connectivity index (χ3n) is 7.05. The predicted molar refractivity (Wildman–Crippen MR) is 160 cm³/mol. The number of nitrogens with zero attached hydrogens (tertiary/aromatic N) is 2. The highest BCUT2D eigenvalue weighted by Gasteiger charge is 2.34.